The van der Waals surface area contributed by atoms with E-state index in [0.29, 0.717) is 0 Å². The molecule has 78 valence electrons. The zero-order valence-corrected chi connectivity index (χ0v) is 7.79. The minimum atomic E-state index is -3.86. The van der Waals surface area contributed by atoms with Crippen LogP contribution in [0.4, 0.5) is 0 Å². The van der Waals surface area contributed by atoms with Gasteiger partial charge in [-0.1, -0.05) is 0 Å². The van der Waals surface area contributed by atoms with Gasteiger partial charge >= 0.3 is 16.1 Å². The van der Waals surface area contributed by atoms with Crippen LogP contribution in [0.15, 0.2) is 0 Å². The van der Waals surface area contributed by atoms with Gasteiger partial charge in [-0.25, -0.2) is 0 Å². The van der Waals surface area contributed by atoms with E-state index in [2.05, 4.69) is 4.18 Å². The molecule has 0 radical (unpaired) electrons. The lowest BCUT2D eigenvalue weighted by atomic mass is 10.4. The fourth-order valence-corrected chi connectivity index (χ4v) is 1.28. The van der Waals surface area contributed by atoms with E-state index in [-0.39, 0.29) is 13.0 Å². The maximum absolute atomic E-state index is 10.8. The molecule has 7 nitrogen and oxygen atoms in total. The third-order valence-electron chi connectivity index (χ3n) is 0.990. The quantitative estimate of drug-likeness (QED) is 0.336. The Labute approximate surface area is 76.3 Å². The van der Waals surface area contributed by atoms with Crippen LogP contribution in [0.25, 0.3) is 0 Å². The second-order valence-corrected chi connectivity index (χ2v) is 4.06. The summed E-state index contributed by atoms with van der Waals surface area (Å²) in [5, 5.41) is 0. The lowest BCUT2D eigenvalue weighted by molar-refractivity contribution is -0.134. The second-order valence-electron chi connectivity index (χ2n) is 2.37. The summed E-state index contributed by atoms with van der Waals surface area (Å²) in [7, 11) is -3.86. The van der Waals surface area contributed by atoms with Crippen LogP contribution in [0.5, 0.6) is 0 Å². The first-order valence-electron chi connectivity index (χ1n) is 3.53. The lowest BCUT2D eigenvalue weighted by Crippen LogP contribution is -2.34. The number of carbonyl (C=O) groups excluding carboxylic acids is 1. The molecule has 8 heteroatoms. The van der Waals surface area contributed by atoms with Crippen LogP contribution < -0.4 is 17.2 Å². The summed E-state index contributed by atoms with van der Waals surface area (Å²) in [6.07, 6.45) is -1.26. The zero-order chi connectivity index (χ0) is 10.5. The number of hydrogen-bond acceptors (Lipinski definition) is 7. The Morgan fingerprint density at radius 3 is 2.31 bits per heavy atom. The SMILES string of the molecule is NCCS(=O)(=O)OC(=O)CC(N)N. The maximum Gasteiger partial charge on any atom is 0.325 e. The van der Waals surface area contributed by atoms with Crippen LogP contribution >= 0.6 is 0 Å². The van der Waals surface area contributed by atoms with Gasteiger partial charge in [0.2, 0.25) is 0 Å². The number of hydrogen-bond donors (Lipinski definition) is 3. The fourth-order valence-electron chi connectivity index (χ4n) is 0.554. The van der Waals surface area contributed by atoms with Gasteiger partial charge in [0.25, 0.3) is 0 Å². The molecule has 0 saturated carbocycles. The van der Waals surface area contributed by atoms with Crippen LogP contribution in [0.3, 0.4) is 0 Å². The van der Waals surface area contributed by atoms with Gasteiger partial charge in [0.1, 0.15) is 0 Å². The molecule has 0 saturated heterocycles. The Hall–Kier alpha value is -0.700. The molecule has 0 spiro atoms. The van der Waals surface area contributed by atoms with E-state index in [4.69, 9.17) is 17.2 Å². The van der Waals surface area contributed by atoms with E-state index in [0.717, 1.165) is 0 Å². The zero-order valence-electron chi connectivity index (χ0n) is 6.97. The summed E-state index contributed by atoms with van der Waals surface area (Å²) >= 11 is 0. The molecule has 0 aromatic carbocycles. The third-order valence-corrected chi connectivity index (χ3v) is 2.17. The highest BCUT2D eigenvalue weighted by atomic mass is 32.2. The fraction of sp³-hybridized carbons (Fsp3) is 0.800. The first-order valence-corrected chi connectivity index (χ1v) is 5.11. The van der Waals surface area contributed by atoms with Gasteiger partial charge in [-0.3, -0.25) is 4.79 Å². The van der Waals surface area contributed by atoms with Crippen LogP contribution in [0, 0.1) is 0 Å². The molecular weight excluding hydrogens is 198 g/mol. The Bertz CT molecular complexity index is 261. The average molecular weight is 211 g/mol. The first kappa shape index (κ1) is 12.3. The van der Waals surface area contributed by atoms with Crippen LogP contribution in [-0.4, -0.2) is 32.9 Å². The van der Waals surface area contributed by atoms with Crippen molar-refractivity contribution in [3.63, 3.8) is 0 Å². The molecule has 13 heavy (non-hydrogen) atoms. The van der Waals surface area contributed by atoms with Crippen LogP contribution in [-0.2, 0) is 19.1 Å². The second kappa shape index (κ2) is 5.12. The van der Waals surface area contributed by atoms with E-state index >= 15 is 0 Å². The largest absolute Gasteiger partial charge is 0.346 e. The maximum atomic E-state index is 10.8. The van der Waals surface area contributed by atoms with Crippen molar-refractivity contribution >= 4 is 16.1 Å². The standard InChI is InChI=1S/C5H13N3O4S/c6-1-2-13(10,11)12-5(9)3-4(7)8/h4H,1-3,6-8H2. The Morgan fingerprint density at radius 2 is 1.92 bits per heavy atom. The topological polar surface area (TPSA) is 138 Å². The molecule has 0 aliphatic carbocycles. The van der Waals surface area contributed by atoms with Crippen molar-refractivity contribution in [3.8, 4) is 0 Å². The smallest absolute Gasteiger partial charge is 0.325 e. The minimum Gasteiger partial charge on any atom is -0.346 e. The third kappa shape index (κ3) is 6.46. The predicted molar refractivity (Wildman–Crippen MR) is 45.7 cm³/mol. The van der Waals surface area contributed by atoms with Crippen LogP contribution in [0.1, 0.15) is 6.42 Å². The van der Waals surface area contributed by atoms with Crippen LogP contribution in [0.2, 0.25) is 0 Å². The van der Waals surface area contributed by atoms with Gasteiger partial charge in [0.05, 0.1) is 18.3 Å². The lowest BCUT2D eigenvalue weighted by Gasteiger charge is -2.05. The molecular formula is C5H13N3O4S. The summed E-state index contributed by atoms with van der Waals surface area (Å²) < 4.78 is 25.7. The number of nitrogens with two attached hydrogens (primary N) is 3. The van der Waals surface area contributed by atoms with Gasteiger partial charge < -0.3 is 21.4 Å². The molecule has 0 aromatic rings. The summed E-state index contributed by atoms with van der Waals surface area (Å²) in [6, 6.07) is 0. The van der Waals surface area contributed by atoms with E-state index < -0.39 is 28.0 Å². The van der Waals surface area contributed by atoms with Crippen molar-refractivity contribution in [2.45, 2.75) is 12.6 Å². The number of rotatable bonds is 5. The molecule has 0 rings (SSSR count). The molecule has 0 atom stereocenters. The molecule has 6 N–H and O–H groups in total. The molecule has 0 amide bonds. The molecule has 0 bridgehead atoms. The molecule has 0 aromatic heterocycles. The van der Waals surface area contributed by atoms with Gasteiger partial charge in [-0.15, -0.1) is 0 Å². The van der Waals surface area contributed by atoms with Gasteiger partial charge in [0.15, 0.2) is 0 Å². The van der Waals surface area contributed by atoms with E-state index in [1.165, 1.54) is 0 Å². The first-order chi connectivity index (χ1) is 5.87. The highest BCUT2D eigenvalue weighted by Crippen LogP contribution is 1.96. The highest BCUT2D eigenvalue weighted by Gasteiger charge is 2.16. The molecule has 0 heterocycles. The van der Waals surface area contributed by atoms with Crippen molar-refractivity contribution in [2.75, 3.05) is 12.3 Å². The van der Waals surface area contributed by atoms with Crippen molar-refractivity contribution in [3.05, 3.63) is 0 Å². The monoisotopic (exact) mass is 211 g/mol. The van der Waals surface area contributed by atoms with Gasteiger partial charge in [-0.2, -0.15) is 8.42 Å². The van der Waals surface area contributed by atoms with Gasteiger partial charge in [0, 0.05) is 6.54 Å². The molecule has 0 aliphatic rings. The van der Waals surface area contributed by atoms with E-state index in [1.54, 1.807) is 0 Å². The van der Waals surface area contributed by atoms with Crippen molar-refractivity contribution < 1.29 is 17.4 Å². The Balaban J connectivity index is 4.05. The van der Waals surface area contributed by atoms with Crippen molar-refractivity contribution in [1.82, 2.24) is 0 Å². The van der Waals surface area contributed by atoms with Gasteiger partial charge in [-0.05, 0) is 0 Å². The Morgan fingerprint density at radius 1 is 1.38 bits per heavy atom. The summed E-state index contributed by atoms with van der Waals surface area (Å²) in [6.45, 7) is -0.107. The summed E-state index contributed by atoms with van der Waals surface area (Å²) in [5.74, 6) is -1.37. The van der Waals surface area contributed by atoms with E-state index in [1.807, 2.05) is 0 Å². The predicted octanol–water partition coefficient (Wildman–Crippen LogP) is -2.55. The molecule has 0 fully saturated rings. The summed E-state index contributed by atoms with van der Waals surface area (Å²) in [5.41, 5.74) is 15.1. The molecule has 0 aliphatic heterocycles. The molecule has 0 unspecified atom stereocenters. The Kier molecular flexibility index (Phi) is 4.85. The van der Waals surface area contributed by atoms with Crippen molar-refractivity contribution in [1.29, 1.82) is 0 Å². The van der Waals surface area contributed by atoms with Crippen molar-refractivity contribution in [2.24, 2.45) is 17.2 Å². The highest BCUT2D eigenvalue weighted by molar-refractivity contribution is 7.87. The minimum absolute atomic E-state index is 0.107. The average Bonchev–Trinajstić information content (AvgIpc) is 1.81. The van der Waals surface area contributed by atoms with E-state index in [9.17, 15) is 13.2 Å². The number of carbonyl (C=O) groups is 1. The summed E-state index contributed by atoms with van der Waals surface area (Å²) in [4.78, 5) is 10.7. The normalized spacial score (nSPS) is 11.7.